The van der Waals surface area contributed by atoms with Crippen LogP contribution in [0.15, 0.2) is 0 Å². The van der Waals surface area contributed by atoms with E-state index in [1.54, 1.807) is 0 Å². The first-order valence-corrected chi connectivity index (χ1v) is 8.04. The summed E-state index contributed by atoms with van der Waals surface area (Å²) in [4.78, 5) is 2.56. The maximum absolute atomic E-state index is 5.68. The van der Waals surface area contributed by atoms with E-state index in [1.807, 2.05) is 0 Å². The summed E-state index contributed by atoms with van der Waals surface area (Å²) in [7, 11) is 2.29. The highest BCUT2D eigenvalue weighted by molar-refractivity contribution is 4.73. The summed E-state index contributed by atoms with van der Waals surface area (Å²) in [6.45, 7) is 10.4. The van der Waals surface area contributed by atoms with Crippen LogP contribution in [0.4, 0.5) is 0 Å². The molecule has 0 atom stereocenters. The summed E-state index contributed by atoms with van der Waals surface area (Å²) in [6, 6.07) is 0.845. The number of hydrogen-bond donors (Lipinski definition) is 1. The maximum atomic E-state index is 5.68. The Hall–Kier alpha value is -0.120. The number of rotatable bonds is 8. The third-order valence-corrected chi connectivity index (χ3v) is 3.88. The van der Waals surface area contributed by atoms with Gasteiger partial charge in [-0.3, -0.25) is 0 Å². The number of hydrogen-bond acceptors (Lipinski definition) is 3. The molecule has 0 heterocycles. The number of nitrogens with one attached hydrogen (secondary N) is 1. The standard InChI is InChI=1S/C16H34N2O/c1-16(2,3)19-14-12-17-11-8-13-18(4)15-9-6-5-7-10-15/h15,17H,5-14H2,1-4H3. The lowest BCUT2D eigenvalue weighted by Crippen LogP contribution is -2.35. The van der Waals surface area contributed by atoms with Gasteiger partial charge in [0.25, 0.3) is 0 Å². The van der Waals surface area contributed by atoms with Crippen LogP contribution in [-0.4, -0.2) is 49.8 Å². The van der Waals surface area contributed by atoms with E-state index in [9.17, 15) is 0 Å². The average molecular weight is 270 g/mol. The molecule has 0 aromatic rings. The molecular formula is C16H34N2O. The van der Waals surface area contributed by atoms with Gasteiger partial charge >= 0.3 is 0 Å². The molecule has 1 rings (SSSR count). The predicted molar refractivity (Wildman–Crippen MR) is 82.7 cm³/mol. The fourth-order valence-electron chi connectivity index (χ4n) is 2.71. The topological polar surface area (TPSA) is 24.5 Å². The van der Waals surface area contributed by atoms with E-state index in [0.717, 1.165) is 25.7 Å². The third kappa shape index (κ3) is 8.61. The quantitative estimate of drug-likeness (QED) is 0.686. The summed E-state index contributed by atoms with van der Waals surface area (Å²) < 4.78 is 5.68. The van der Waals surface area contributed by atoms with Crippen molar-refractivity contribution in [1.29, 1.82) is 0 Å². The van der Waals surface area contributed by atoms with Gasteiger partial charge in [0, 0.05) is 12.6 Å². The Labute approximate surface area is 120 Å². The molecule has 0 aromatic heterocycles. The van der Waals surface area contributed by atoms with E-state index in [-0.39, 0.29) is 5.60 Å². The fourth-order valence-corrected chi connectivity index (χ4v) is 2.71. The smallest absolute Gasteiger partial charge is 0.0599 e. The molecular weight excluding hydrogens is 236 g/mol. The predicted octanol–water partition coefficient (Wildman–Crippen LogP) is 3.05. The van der Waals surface area contributed by atoms with Crippen LogP contribution in [0.5, 0.6) is 0 Å². The molecule has 0 radical (unpaired) electrons. The lowest BCUT2D eigenvalue weighted by Gasteiger charge is -2.31. The highest BCUT2D eigenvalue weighted by atomic mass is 16.5. The molecule has 114 valence electrons. The van der Waals surface area contributed by atoms with Gasteiger partial charge in [0.05, 0.1) is 12.2 Å². The Bertz CT molecular complexity index is 219. The molecule has 1 fully saturated rings. The summed E-state index contributed by atoms with van der Waals surface area (Å²) in [6.07, 6.45) is 8.35. The van der Waals surface area contributed by atoms with Crippen molar-refractivity contribution in [3.63, 3.8) is 0 Å². The van der Waals surface area contributed by atoms with Crippen molar-refractivity contribution in [2.24, 2.45) is 0 Å². The SMILES string of the molecule is CN(CCCNCCOC(C)(C)C)C1CCCCC1. The monoisotopic (exact) mass is 270 g/mol. The molecule has 19 heavy (non-hydrogen) atoms. The van der Waals surface area contributed by atoms with E-state index in [1.165, 1.54) is 45.1 Å². The summed E-state index contributed by atoms with van der Waals surface area (Å²) in [5.74, 6) is 0. The largest absolute Gasteiger partial charge is 0.375 e. The summed E-state index contributed by atoms with van der Waals surface area (Å²) in [5.41, 5.74) is -0.0110. The lowest BCUT2D eigenvalue weighted by atomic mass is 9.94. The zero-order valence-electron chi connectivity index (χ0n) is 13.5. The van der Waals surface area contributed by atoms with Gasteiger partial charge < -0.3 is 15.0 Å². The van der Waals surface area contributed by atoms with Crippen molar-refractivity contribution >= 4 is 0 Å². The first kappa shape index (κ1) is 16.9. The van der Waals surface area contributed by atoms with Crippen molar-refractivity contribution in [2.75, 3.05) is 33.3 Å². The molecule has 0 saturated heterocycles. The highest BCUT2D eigenvalue weighted by Gasteiger charge is 2.17. The fraction of sp³-hybridized carbons (Fsp3) is 1.00. The molecule has 1 saturated carbocycles. The normalized spacial score (nSPS) is 18.2. The molecule has 0 bridgehead atoms. The Morgan fingerprint density at radius 2 is 1.79 bits per heavy atom. The lowest BCUT2D eigenvalue weighted by molar-refractivity contribution is -0.000803. The Morgan fingerprint density at radius 1 is 1.11 bits per heavy atom. The Kier molecular flexibility index (Phi) is 7.96. The third-order valence-electron chi connectivity index (χ3n) is 3.88. The molecule has 3 nitrogen and oxygen atoms in total. The van der Waals surface area contributed by atoms with Crippen molar-refractivity contribution < 1.29 is 4.74 Å². The first-order valence-electron chi connectivity index (χ1n) is 8.04. The summed E-state index contributed by atoms with van der Waals surface area (Å²) >= 11 is 0. The van der Waals surface area contributed by atoms with Crippen molar-refractivity contribution in [1.82, 2.24) is 10.2 Å². The zero-order valence-corrected chi connectivity index (χ0v) is 13.5. The van der Waals surface area contributed by atoms with Gasteiger partial charge in [-0.25, -0.2) is 0 Å². The average Bonchev–Trinajstić information content (AvgIpc) is 2.37. The van der Waals surface area contributed by atoms with E-state index >= 15 is 0 Å². The molecule has 0 unspecified atom stereocenters. The van der Waals surface area contributed by atoms with Crippen molar-refractivity contribution in [2.45, 2.75) is 70.9 Å². The maximum Gasteiger partial charge on any atom is 0.0599 e. The molecule has 0 aliphatic heterocycles. The zero-order chi connectivity index (χ0) is 14.1. The second kappa shape index (κ2) is 8.93. The minimum absolute atomic E-state index is 0.0110. The first-order chi connectivity index (χ1) is 8.99. The second-order valence-corrected chi connectivity index (χ2v) is 6.84. The van der Waals surface area contributed by atoms with Gasteiger partial charge in [0.2, 0.25) is 0 Å². The summed E-state index contributed by atoms with van der Waals surface area (Å²) in [5, 5.41) is 3.46. The van der Waals surface area contributed by atoms with E-state index in [0.29, 0.717) is 0 Å². The van der Waals surface area contributed by atoms with Gasteiger partial charge in [-0.15, -0.1) is 0 Å². The van der Waals surface area contributed by atoms with Crippen LogP contribution in [-0.2, 0) is 4.74 Å². The second-order valence-electron chi connectivity index (χ2n) is 6.84. The highest BCUT2D eigenvalue weighted by Crippen LogP contribution is 2.21. The number of nitrogens with zero attached hydrogens (tertiary/aromatic N) is 1. The van der Waals surface area contributed by atoms with Crippen LogP contribution in [0.3, 0.4) is 0 Å². The van der Waals surface area contributed by atoms with Crippen LogP contribution < -0.4 is 5.32 Å². The molecule has 3 heteroatoms. The molecule has 0 aromatic carbocycles. The molecule has 0 amide bonds. The van der Waals surface area contributed by atoms with E-state index < -0.39 is 0 Å². The van der Waals surface area contributed by atoms with Gasteiger partial charge in [-0.2, -0.15) is 0 Å². The van der Waals surface area contributed by atoms with Crippen LogP contribution in [0.1, 0.15) is 59.3 Å². The van der Waals surface area contributed by atoms with Crippen LogP contribution in [0.2, 0.25) is 0 Å². The molecule has 1 N–H and O–H groups in total. The van der Waals surface area contributed by atoms with Crippen LogP contribution in [0.25, 0.3) is 0 Å². The van der Waals surface area contributed by atoms with E-state index in [4.69, 9.17) is 4.74 Å². The van der Waals surface area contributed by atoms with Gasteiger partial charge in [0.1, 0.15) is 0 Å². The molecule has 1 aliphatic carbocycles. The Balaban J connectivity index is 1.92. The Morgan fingerprint density at radius 3 is 2.42 bits per heavy atom. The van der Waals surface area contributed by atoms with Crippen LogP contribution >= 0.6 is 0 Å². The van der Waals surface area contributed by atoms with E-state index in [2.05, 4.69) is 38.0 Å². The van der Waals surface area contributed by atoms with Crippen molar-refractivity contribution in [3.8, 4) is 0 Å². The molecule has 1 aliphatic rings. The van der Waals surface area contributed by atoms with Gasteiger partial charge in [0.15, 0.2) is 0 Å². The minimum atomic E-state index is -0.0110. The number of ether oxygens (including phenoxy) is 1. The van der Waals surface area contributed by atoms with Crippen molar-refractivity contribution in [3.05, 3.63) is 0 Å². The minimum Gasteiger partial charge on any atom is -0.375 e. The van der Waals surface area contributed by atoms with Gasteiger partial charge in [-0.1, -0.05) is 19.3 Å². The van der Waals surface area contributed by atoms with Crippen LogP contribution in [0, 0.1) is 0 Å². The van der Waals surface area contributed by atoms with Gasteiger partial charge in [-0.05, 0) is 60.2 Å². The molecule has 0 spiro atoms.